The van der Waals surface area contributed by atoms with E-state index in [1.165, 1.54) is 12.8 Å². The Morgan fingerprint density at radius 2 is 2.20 bits per heavy atom. The molecule has 1 N–H and O–H groups in total. The quantitative estimate of drug-likeness (QED) is 0.914. The normalized spacial score (nSPS) is 25.6. The average molecular weight is 274 g/mol. The number of hydrogen-bond acceptors (Lipinski definition) is 3. The predicted molar refractivity (Wildman–Crippen MR) is 77.6 cm³/mol. The minimum Gasteiger partial charge on any atom is -0.380 e. The van der Waals surface area contributed by atoms with Gasteiger partial charge in [0, 0.05) is 37.8 Å². The monoisotopic (exact) mass is 274 g/mol. The van der Waals surface area contributed by atoms with Crippen LogP contribution in [0.1, 0.15) is 35.2 Å². The van der Waals surface area contributed by atoms with Gasteiger partial charge in [-0.3, -0.25) is 4.79 Å². The van der Waals surface area contributed by atoms with Crippen molar-refractivity contribution in [2.75, 3.05) is 20.2 Å². The van der Waals surface area contributed by atoms with Crippen LogP contribution in [0.4, 0.5) is 0 Å². The van der Waals surface area contributed by atoms with Gasteiger partial charge in [-0.05, 0) is 37.0 Å². The Bertz CT molecular complexity index is 489. The number of rotatable bonds is 3. The SMILES string of the molecule is COCc1cccc(C(=O)N2CCC3CCC(C2)N3)c1. The number of carbonyl (C=O) groups excluding carboxylic acids is 1. The highest BCUT2D eigenvalue weighted by molar-refractivity contribution is 5.94. The Labute approximate surface area is 120 Å². The van der Waals surface area contributed by atoms with Crippen molar-refractivity contribution >= 4 is 5.91 Å². The van der Waals surface area contributed by atoms with E-state index in [-0.39, 0.29) is 5.91 Å². The third-order valence-electron chi connectivity index (χ3n) is 4.30. The van der Waals surface area contributed by atoms with Gasteiger partial charge in [-0.1, -0.05) is 12.1 Å². The van der Waals surface area contributed by atoms with Gasteiger partial charge in [0.25, 0.3) is 5.91 Å². The van der Waals surface area contributed by atoms with Crippen molar-refractivity contribution in [1.29, 1.82) is 0 Å². The van der Waals surface area contributed by atoms with Crippen LogP contribution in [-0.4, -0.2) is 43.1 Å². The van der Waals surface area contributed by atoms with Gasteiger partial charge in [0.2, 0.25) is 0 Å². The van der Waals surface area contributed by atoms with Crippen LogP contribution in [0.2, 0.25) is 0 Å². The highest BCUT2D eigenvalue weighted by Gasteiger charge is 2.31. The summed E-state index contributed by atoms with van der Waals surface area (Å²) in [4.78, 5) is 14.6. The van der Waals surface area contributed by atoms with E-state index < -0.39 is 0 Å². The number of carbonyl (C=O) groups is 1. The van der Waals surface area contributed by atoms with Gasteiger partial charge in [0.15, 0.2) is 0 Å². The topological polar surface area (TPSA) is 41.6 Å². The van der Waals surface area contributed by atoms with Crippen molar-refractivity contribution in [3.05, 3.63) is 35.4 Å². The Morgan fingerprint density at radius 1 is 1.35 bits per heavy atom. The maximum atomic E-state index is 12.6. The van der Waals surface area contributed by atoms with Gasteiger partial charge in [-0.2, -0.15) is 0 Å². The first kappa shape index (κ1) is 13.6. The zero-order chi connectivity index (χ0) is 13.9. The van der Waals surface area contributed by atoms with Crippen molar-refractivity contribution in [1.82, 2.24) is 10.2 Å². The summed E-state index contributed by atoms with van der Waals surface area (Å²) in [6.45, 7) is 2.25. The molecule has 1 aromatic carbocycles. The molecule has 108 valence electrons. The molecule has 0 radical (unpaired) electrons. The Morgan fingerprint density at radius 3 is 3.05 bits per heavy atom. The highest BCUT2D eigenvalue weighted by Crippen LogP contribution is 2.21. The second kappa shape index (κ2) is 5.94. The van der Waals surface area contributed by atoms with Gasteiger partial charge in [-0.25, -0.2) is 0 Å². The molecule has 1 amide bonds. The lowest BCUT2D eigenvalue weighted by Gasteiger charge is -2.24. The van der Waals surface area contributed by atoms with Crippen LogP contribution >= 0.6 is 0 Å². The molecule has 3 rings (SSSR count). The van der Waals surface area contributed by atoms with Crippen molar-refractivity contribution < 1.29 is 9.53 Å². The molecule has 2 unspecified atom stereocenters. The third kappa shape index (κ3) is 2.86. The first-order chi connectivity index (χ1) is 9.76. The summed E-state index contributed by atoms with van der Waals surface area (Å²) < 4.78 is 5.13. The molecule has 2 bridgehead atoms. The smallest absolute Gasteiger partial charge is 0.253 e. The summed E-state index contributed by atoms with van der Waals surface area (Å²) in [6, 6.07) is 8.86. The fourth-order valence-electron chi connectivity index (χ4n) is 3.27. The predicted octanol–water partition coefficient (Wildman–Crippen LogP) is 1.80. The lowest BCUT2D eigenvalue weighted by molar-refractivity contribution is 0.0748. The van der Waals surface area contributed by atoms with Crippen LogP contribution in [0.3, 0.4) is 0 Å². The first-order valence-corrected chi connectivity index (χ1v) is 7.39. The van der Waals surface area contributed by atoms with Crippen molar-refractivity contribution in [3.8, 4) is 0 Å². The Balaban J connectivity index is 1.73. The fourth-order valence-corrected chi connectivity index (χ4v) is 3.27. The van der Waals surface area contributed by atoms with Crippen LogP contribution in [0.15, 0.2) is 24.3 Å². The largest absolute Gasteiger partial charge is 0.380 e. The molecular formula is C16H22N2O2. The van der Waals surface area contributed by atoms with Crippen LogP contribution in [0, 0.1) is 0 Å². The standard InChI is InChI=1S/C16H22N2O2/c1-20-11-12-3-2-4-13(9-12)16(19)18-8-7-14-5-6-15(10-18)17-14/h2-4,9,14-15,17H,5-8,10-11H2,1H3. The van der Waals surface area contributed by atoms with Crippen molar-refractivity contribution in [2.24, 2.45) is 0 Å². The van der Waals surface area contributed by atoms with Crippen LogP contribution < -0.4 is 5.32 Å². The summed E-state index contributed by atoms with van der Waals surface area (Å²) in [5.74, 6) is 0.150. The summed E-state index contributed by atoms with van der Waals surface area (Å²) in [5, 5.41) is 3.61. The van der Waals surface area contributed by atoms with Crippen molar-refractivity contribution in [2.45, 2.75) is 38.0 Å². The summed E-state index contributed by atoms with van der Waals surface area (Å²) in [6.07, 6.45) is 3.52. The molecule has 20 heavy (non-hydrogen) atoms. The first-order valence-electron chi connectivity index (χ1n) is 7.39. The molecule has 2 aliphatic heterocycles. The molecule has 0 saturated carbocycles. The highest BCUT2D eigenvalue weighted by atomic mass is 16.5. The van der Waals surface area contributed by atoms with Gasteiger partial charge in [0.1, 0.15) is 0 Å². The zero-order valence-electron chi connectivity index (χ0n) is 12.0. The number of likely N-dealkylation sites (tertiary alicyclic amines) is 1. The van der Waals surface area contributed by atoms with Crippen LogP contribution in [0.5, 0.6) is 0 Å². The molecule has 0 aliphatic carbocycles. The Kier molecular flexibility index (Phi) is 4.03. The van der Waals surface area contributed by atoms with E-state index in [0.717, 1.165) is 30.6 Å². The van der Waals surface area contributed by atoms with Gasteiger partial charge >= 0.3 is 0 Å². The third-order valence-corrected chi connectivity index (χ3v) is 4.30. The van der Waals surface area contributed by atoms with E-state index in [2.05, 4.69) is 5.32 Å². The van der Waals surface area contributed by atoms with Crippen LogP contribution in [-0.2, 0) is 11.3 Å². The molecule has 4 heteroatoms. The maximum absolute atomic E-state index is 12.6. The minimum atomic E-state index is 0.150. The minimum absolute atomic E-state index is 0.150. The second-order valence-corrected chi connectivity index (χ2v) is 5.81. The number of fused-ring (bicyclic) bond motifs is 2. The molecule has 0 spiro atoms. The molecule has 1 aromatic rings. The molecular weight excluding hydrogens is 252 g/mol. The molecule has 0 aromatic heterocycles. The van der Waals surface area contributed by atoms with E-state index in [1.54, 1.807) is 7.11 Å². The van der Waals surface area contributed by atoms with Gasteiger partial charge in [0.05, 0.1) is 6.61 Å². The van der Waals surface area contributed by atoms with E-state index in [0.29, 0.717) is 18.7 Å². The second-order valence-electron chi connectivity index (χ2n) is 5.81. The summed E-state index contributed by atoms with van der Waals surface area (Å²) in [7, 11) is 1.67. The molecule has 2 aliphatic rings. The maximum Gasteiger partial charge on any atom is 0.253 e. The number of methoxy groups -OCH3 is 1. The molecule has 2 heterocycles. The molecule has 2 fully saturated rings. The number of amides is 1. The number of benzene rings is 1. The van der Waals surface area contributed by atoms with Crippen LogP contribution in [0.25, 0.3) is 0 Å². The van der Waals surface area contributed by atoms with Gasteiger partial charge in [-0.15, -0.1) is 0 Å². The lowest BCUT2D eigenvalue weighted by Crippen LogP contribution is -2.39. The number of nitrogens with zero attached hydrogens (tertiary/aromatic N) is 1. The average Bonchev–Trinajstić information content (AvgIpc) is 2.78. The molecule has 4 nitrogen and oxygen atoms in total. The van der Waals surface area contributed by atoms with E-state index in [9.17, 15) is 4.79 Å². The Hall–Kier alpha value is -1.39. The molecule has 2 atom stereocenters. The lowest BCUT2D eigenvalue weighted by atomic mass is 10.1. The summed E-state index contributed by atoms with van der Waals surface area (Å²) in [5.41, 5.74) is 1.82. The van der Waals surface area contributed by atoms with E-state index in [4.69, 9.17) is 4.74 Å². The van der Waals surface area contributed by atoms with Crippen molar-refractivity contribution in [3.63, 3.8) is 0 Å². The molecule has 2 saturated heterocycles. The zero-order valence-corrected chi connectivity index (χ0v) is 12.0. The van der Waals surface area contributed by atoms with E-state index in [1.807, 2.05) is 29.2 Å². The van der Waals surface area contributed by atoms with Gasteiger partial charge < -0.3 is 15.0 Å². The number of nitrogens with one attached hydrogen (secondary N) is 1. The fraction of sp³-hybridized carbons (Fsp3) is 0.562. The number of ether oxygens (including phenoxy) is 1. The number of hydrogen-bond donors (Lipinski definition) is 1. The van der Waals surface area contributed by atoms with E-state index >= 15 is 0 Å². The summed E-state index contributed by atoms with van der Waals surface area (Å²) >= 11 is 0.